The molecule has 138 valence electrons. The lowest BCUT2D eigenvalue weighted by molar-refractivity contribution is -0.385. The summed E-state index contributed by atoms with van der Waals surface area (Å²) in [4.78, 5) is 31.4. The molecule has 2 aromatic heterocycles. The fraction of sp³-hybridized carbons (Fsp3) is 0.211. The van der Waals surface area contributed by atoms with Crippen molar-refractivity contribution in [3.63, 3.8) is 0 Å². The summed E-state index contributed by atoms with van der Waals surface area (Å²) in [6.45, 7) is 4.57. The number of hydrogen-bond acceptors (Lipinski definition) is 6. The maximum Gasteiger partial charge on any atom is 0.270 e. The van der Waals surface area contributed by atoms with Gasteiger partial charge < -0.3 is 4.57 Å². The van der Waals surface area contributed by atoms with Gasteiger partial charge in [-0.3, -0.25) is 19.9 Å². The van der Waals surface area contributed by atoms with Gasteiger partial charge in [0.05, 0.1) is 10.6 Å². The van der Waals surface area contributed by atoms with Crippen LogP contribution in [0.5, 0.6) is 0 Å². The van der Waals surface area contributed by atoms with Crippen LogP contribution in [0.4, 0.5) is 5.69 Å². The molecule has 0 unspecified atom stereocenters. The minimum atomic E-state index is -0.424. The summed E-state index contributed by atoms with van der Waals surface area (Å²) < 4.78 is 1.90. The van der Waals surface area contributed by atoms with Gasteiger partial charge in [-0.05, 0) is 29.7 Å². The molecule has 1 aromatic carbocycles. The summed E-state index contributed by atoms with van der Waals surface area (Å²) in [5.41, 5.74) is 1.96. The van der Waals surface area contributed by atoms with E-state index in [0.717, 1.165) is 17.5 Å². The highest BCUT2D eigenvalue weighted by atomic mass is 32.2. The van der Waals surface area contributed by atoms with Gasteiger partial charge >= 0.3 is 0 Å². The van der Waals surface area contributed by atoms with E-state index in [2.05, 4.69) is 9.97 Å². The molecule has 2 heterocycles. The molecule has 7 nitrogen and oxygen atoms in total. The van der Waals surface area contributed by atoms with Crippen LogP contribution in [-0.4, -0.2) is 25.7 Å². The number of carbonyl (C=O) groups is 1. The van der Waals surface area contributed by atoms with Crippen LogP contribution >= 0.6 is 11.8 Å². The van der Waals surface area contributed by atoms with Crippen molar-refractivity contribution in [1.82, 2.24) is 14.5 Å². The molecule has 27 heavy (non-hydrogen) atoms. The van der Waals surface area contributed by atoms with Gasteiger partial charge in [-0.1, -0.05) is 31.7 Å². The van der Waals surface area contributed by atoms with E-state index in [0.29, 0.717) is 22.3 Å². The van der Waals surface area contributed by atoms with Crippen LogP contribution in [0.3, 0.4) is 0 Å². The summed E-state index contributed by atoms with van der Waals surface area (Å²) in [7, 11) is 0. The monoisotopic (exact) mass is 382 g/mol. The molecule has 0 radical (unpaired) electrons. The lowest BCUT2D eigenvalue weighted by atomic mass is 10.1. The number of carbonyl (C=O) groups excluding carboxylic acids is 1. The largest absolute Gasteiger partial charge is 0.320 e. The summed E-state index contributed by atoms with van der Waals surface area (Å²) in [6, 6.07) is 10.2. The van der Waals surface area contributed by atoms with Crippen molar-refractivity contribution in [2.24, 2.45) is 0 Å². The van der Waals surface area contributed by atoms with Crippen LogP contribution < -0.4 is 0 Å². The predicted molar refractivity (Wildman–Crippen MR) is 102 cm³/mol. The van der Waals surface area contributed by atoms with Crippen molar-refractivity contribution in [2.75, 3.05) is 0 Å². The van der Waals surface area contributed by atoms with Gasteiger partial charge in [0, 0.05) is 36.0 Å². The average Bonchev–Trinajstić information content (AvgIpc) is 3.00. The van der Waals surface area contributed by atoms with E-state index in [1.165, 1.54) is 23.9 Å². The normalized spacial score (nSPS) is 10.9. The smallest absolute Gasteiger partial charge is 0.270 e. The highest BCUT2D eigenvalue weighted by Gasteiger charge is 2.21. The first-order chi connectivity index (χ1) is 13.0. The van der Waals surface area contributed by atoms with Crippen LogP contribution in [0, 0.1) is 10.1 Å². The van der Waals surface area contributed by atoms with Crippen LogP contribution in [0.25, 0.3) is 0 Å². The second-order valence-corrected chi connectivity index (χ2v) is 7.29. The van der Waals surface area contributed by atoms with Gasteiger partial charge in [0.15, 0.2) is 12.1 Å². The number of nitrogens with zero attached hydrogens (tertiary/aromatic N) is 4. The standard InChI is InChI=1S/C19H18N4O3S/c1-13(2)18-19(27-16-5-3-4-15(10-16)23(25)26)21-17(12-24)22(18)11-14-6-8-20-9-7-14/h3-10,12-13H,11H2,1-2H3. The molecule has 3 aromatic rings. The summed E-state index contributed by atoms with van der Waals surface area (Å²) >= 11 is 1.33. The zero-order valence-corrected chi connectivity index (χ0v) is 15.7. The number of pyridine rings is 1. The van der Waals surface area contributed by atoms with E-state index in [1.54, 1.807) is 24.5 Å². The molecule has 8 heteroatoms. The van der Waals surface area contributed by atoms with Crippen LogP contribution in [0.2, 0.25) is 0 Å². The number of rotatable bonds is 7. The van der Waals surface area contributed by atoms with Gasteiger partial charge in [-0.15, -0.1) is 0 Å². The SMILES string of the molecule is CC(C)c1c(Sc2cccc([N+](=O)[O-])c2)nc(C=O)n1Cc1ccncc1. The number of benzene rings is 1. The minimum absolute atomic E-state index is 0.0259. The first-order valence-corrected chi connectivity index (χ1v) is 9.18. The Morgan fingerprint density at radius 3 is 2.63 bits per heavy atom. The topological polar surface area (TPSA) is 90.9 Å². The van der Waals surface area contributed by atoms with Crippen LogP contribution in [0.1, 0.15) is 41.6 Å². The molecule has 0 aliphatic rings. The third-order valence-corrected chi connectivity index (χ3v) is 4.97. The van der Waals surface area contributed by atoms with Crippen molar-refractivity contribution in [3.05, 3.63) is 76.0 Å². The third kappa shape index (κ3) is 4.22. The Morgan fingerprint density at radius 1 is 1.26 bits per heavy atom. The van der Waals surface area contributed by atoms with Crippen molar-refractivity contribution in [3.8, 4) is 0 Å². The first kappa shape index (κ1) is 18.8. The van der Waals surface area contributed by atoms with Crippen molar-refractivity contribution < 1.29 is 9.72 Å². The lowest BCUT2D eigenvalue weighted by Gasteiger charge is -2.14. The lowest BCUT2D eigenvalue weighted by Crippen LogP contribution is -2.09. The Labute approximate surface area is 160 Å². The maximum atomic E-state index is 11.6. The summed E-state index contributed by atoms with van der Waals surface area (Å²) in [5.74, 6) is 0.456. The third-order valence-electron chi connectivity index (χ3n) is 3.99. The van der Waals surface area contributed by atoms with Gasteiger partial charge in [0.25, 0.3) is 5.69 Å². The maximum absolute atomic E-state index is 11.6. The average molecular weight is 382 g/mol. The Hall–Kier alpha value is -3.00. The van der Waals surface area contributed by atoms with Gasteiger partial charge in [-0.2, -0.15) is 0 Å². The number of imidazole rings is 1. The fourth-order valence-corrected chi connectivity index (χ4v) is 3.93. The van der Waals surface area contributed by atoms with Crippen LogP contribution in [0.15, 0.2) is 58.7 Å². The van der Waals surface area contributed by atoms with Gasteiger partial charge in [0.1, 0.15) is 5.03 Å². The zero-order chi connectivity index (χ0) is 19.4. The number of aldehydes is 1. The molecule has 0 N–H and O–H groups in total. The molecule has 0 spiro atoms. The van der Waals surface area contributed by atoms with Gasteiger partial charge in [-0.25, -0.2) is 4.98 Å². The Morgan fingerprint density at radius 2 is 2.00 bits per heavy atom. The highest BCUT2D eigenvalue weighted by molar-refractivity contribution is 7.99. The molecular formula is C19H18N4O3S. The number of non-ortho nitro benzene ring substituents is 1. The molecule has 0 bridgehead atoms. The number of hydrogen-bond donors (Lipinski definition) is 0. The molecule has 3 rings (SSSR count). The van der Waals surface area contributed by atoms with Crippen molar-refractivity contribution >= 4 is 23.7 Å². The second kappa shape index (κ2) is 8.13. The number of nitro benzene ring substituents is 1. The summed E-state index contributed by atoms with van der Waals surface area (Å²) in [5, 5.41) is 11.7. The summed E-state index contributed by atoms with van der Waals surface area (Å²) in [6.07, 6.45) is 4.16. The molecule has 0 aliphatic carbocycles. The number of nitro groups is 1. The quantitative estimate of drug-likeness (QED) is 0.343. The zero-order valence-electron chi connectivity index (χ0n) is 14.9. The molecular weight excluding hydrogens is 364 g/mol. The molecule has 0 fully saturated rings. The molecule has 0 aliphatic heterocycles. The first-order valence-electron chi connectivity index (χ1n) is 8.36. The molecule has 0 amide bonds. The second-order valence-electron chi connectivity index (χ2n) is 6.23. The Kier molecular flexibility index (Phi) is 5.66. The predicted octanol–water partition coefficient (Wildman–Crippen LogP) is 4.32. The fourth-order valence-electron chi connectivity index (χ4n) is 2.79. The molecule has 0 saturated heterocycles. The van der Waals surface area contributed by atoms with E-state index in [-0.39, 0.29) is 11.6 Å². The Balaban J connectivity index is 2.01. The van der Waals surface area contributed by atoms with Crippen LogP contribution in [-0.2, 0) is 6.54 Å². The molecule has 0 saturated carbocycles. The van der Waals surface area contributed by atoms with E-state index >= 15 is 0 Å². The van der Waals surface area contributed by atoms with E-state index in [9.17, 15) is 14.9 Å². The number of aromatic nitrogens is 3. The van der Waals surface area contributed by atoms with Gasteiger partial charge in [0.2, 0.25) is 0 Å². The Bertz CT molecular complexity index is 970. The van der Waals surface area contributed by atoms with E-state index in [1.807, 2.05) is 30.5 Å². The highest BCUT2D eigenvalue weighted by Crippen LogP contribution is 2.35. The van der Waals surface area contributed by atoms with Crippen molar-refractivity contribution in [2.45, 2.75) is 36.2 Å². The van der Waals surface area contributed by atoms with E-state index < -0.39 is 4.92 Å². The minimum Gasteiger partial charge on any atom is -0.320 e. The van der Waals surface area contributed by atoms with Crippen molar-refractivity contribution in [1.29, 1.82) is 0 Å². The van der Waals surface area contributed by atoms with E-state index in [4.69, 9.17) is 0 Å². The molecule has 0 atom stereocenters.